The minimum absolute atomic E-state index is 0.141. The van der Waals surface area contributed by atoms with Crippen LogP contribution in [0.25, 0.3) is 10.1 Å². The minimum Gasteiger partial charge on any atom is -0.334 e. The molecule has 3 nitrogen and oxygen atoms in total. The van der Waals surface area contributed by atoms with Crippen LogP contribution in [0.4, 0.5) is 0 Å². The summed E-state index contributed by atoms with van der Waals surface area (Å²) in [6.07, 6.45) is 3.79. The van der Waals surface area contributed by atoms with E-state index in [1.165, 1.54) is 10.1 Å². The molecule has 0 saturated carbocycles. The maximum absolute atomic E-state index is 6.33. The SMILES string of the molecule is CCn1ccnc1C(N)c1cc2ccccc2s1. The summed E-state index contributed by atoms with van der Waals surface area (Å²) in [7, 11) is 0. The van der Waals surface area contributed by atoms with Crippen LogP contribution >= 0.6 is 11.3 Å². The summed E-state index contributed by atoms with van der Waals surface area (Å²) in [5, 5.41) is 1.25. The molecule has 2 aromatic heterocycles. The molecular formula is C14H15N3S. The number of imidazole rings is 1. The first-order chi connectivity index (χ1) is 8.79. The molecule has 92 valence electrons. The standard InChI is InChI=1S/C14H15N3S/c1-2-17-8-7-16-14(17)13(15)12-9-10-5-3-4-6-11(10)18-12/h3-9,13H,2,15H2,1H3. The van der Waals surface area contributed by atoms with Gasteiger partial charge in [0, 0.05) is 28.5 Å². The third-order valence-corrected chi connectivity index (χ3v) is 4.32. The first-order valence-corrected chi connectivity index (χ1v) is 6.86. The summed E-state index contributed by atoms with van der Waals surface area (Å²) in [5.41, 5.74) is 6.33. The largest absolute Gasteiger partial charge is 0.334 e. The van der Waals surface area contributed by atoms with Crippen molar-refractivity contribution >= 4 is 21.4 Å². The van der Waals surface area contributed by atoms with Gasteiger partial charge in [-0.15, -0.1) is 11.3 Å². The van der Waals surface area contributed by atoms with Crippen LogP contribution in [0.15, 0.2) is 42.7 Å². The monoisotopic (exact) mass is 257 g/mol. The highest BCUT2D eigenvalue weighted by molar-refractivity contribution is 7.19. The fourth-order valence-electron chi connectivity index (χ4n) is 2.15. The van der Waals surface area contributed by atoms with Gasteiger partial charge in [0.05, 0.1) is 6.04 Å². The molecule has 0 bridgehead atoms. The number of hydrogen-bond acceptors (Lipinski definition) is 3. The number of hydrogen-bond donors (Lipinski definition) is 1. The zero-order valence-corrected chi connectivity index (χ0v) is 11.0. The van der Waals surface area contributed by atoms with Crippen LogP contribution in [0.5, 0.6) is 0 Å². The lowest BCUT2D eigenvalue weighted by atomic mass is 10.2. The molecule has 3 aromatic rings. The molecule has 0 fully saturated rings. The second-order valence-electron chi connectivity index (χ2n) is 4.24. The number of benzene rings is 1. The molecule has 0 spiro atoms. The van der Waals surface area contributed by atoms with Crippen molar-refractivity contribution in [2.45, 2.75) is 19.5 Å². The predicted molar refractivity (Wildman–Crippen MR) is 75.8 cm³/mol. The second kappa shape index (κ2) is 4.55. The molecule has 4 heteroatoms. The number of fused-ring (bicyclic) bond motifs is 1. The van der Waals surface area contributed by atoms with Gasteiger partial charge in [-0.2, -0.15) is 0 Å². The molecule has 0 radical (unpaired) electrons. The molecular weight excluding hydrogens is 242 g/mol. The molecule has 0 aliphatic carbocycles. The smallest absolute Gasteiger partial charge is 0.131 e. The van der Waals surface area contributed by atoms with E-state index in [-0.39, 0.29) is 6.04 Å². The van der Waals surface area contributed by atoms with E-state index in [4.69, 9.17) is 5.73 Å². The average molecular weight is 257 g/mol. The Morgan fingerprint density at radius 1 is 1.39 bits per heavy atom. The number of aromatic nitrogens is 2. The van der Waals surface area contributed by atoms with Crippen molar-refractivity contribution in [3.63, 3.8) is 0 Å². The molecule has 1 aromatic carbocycles. The Balaban J connectivity index is 2.03. The summed E-state index contributed by atoms with van der Waals surface area (Å²) < 4.78 is 3.37. The molecule has 3 rings (SSSR count). The van der Waals surface area contributed by atoms with Crippen molar-refractivity contribution < 1.29 is 0 Å². The molecule has 0 aliphatic rings. The molecule has 0 amide bonds. The predicted octanol–water partition coefficient (Wildman–Crippen LogP) is 3.17. The number of nitrogens with two attached hydrogens (primary N) is 1. The Labute approximate surface area is 110 Å². The van der Waals surface area contributed by atoms with Crippen molar-refractivity contribution in [3.05, 3.63) is 53.4 Å². The van der Waals surface area contributed by atoms with Gasteiger partial charge in [0.1, 0.15) is 5.82 Å². The van der Waals surface area contributed by atoms with Crippen molar-refractivity contribution in [2.24, 2.45) is 5.73 Å². The van der Waals surface area contributed by atoms with Gasteiger partial charge in [-0.3, -0.25) is 0 Å². The summed E-state index contributed by atoms with van der Waals surface area (Å²) in [5.74, 6) is 0.934. The van der Waals surface area contributed by atoms with Crippen LogP contribution in [0.2, 0.25) is 0 Å². The number of rotatable bonds is 3. The summed E-state index contributed by atoms with van der Waals surface area (Å²) in [6.45, 7) is 3.00. The zero-order chi connectivity index (χ0) is 12.5. The summed E-state index contributed by atoms with van der Waals surface area (Å²) in [6, 6.07) is 10.4. The van der Waals surface area contributed by atoms with Gasteiger partial charge in [0.25, 0.3) is 0 Å². The molecule has 2 heterocycles. The van der Waals surface area contributed by atoms with Gasteiger partial charge in [-0.05, 0) is 24.4 Å². The normalized spacial score (nSPS) is 13.0. The number of nitrogens with zero attached hydrogens (tertiary/aromatic N) is 2. The molecule has 1 unspecified atom stereocenters. The zero-order valence-electron chi connectivity index (χ0n) is 10.2. The van der Waals surface area contributed by atoms with Gasteiger partial charge in [0.15, 0.2) is 0 Å². The van der Waals surface area contributed by atoms with E-state index in [2.05, 4.69) is 46.8 Å². The van der Waals surface area contributed by atoms with Crippen LogP contribution in [0.3, 0.4) is 0 Å². The summed E-state index contributed by atoms with van der Waals surface area (Å²) >= 11 is 1.74. The lowest BCUT2D eigenvalue weighted by Crippen LogP contribution is -2.16. The van der Waals surface area contributed by atoms with Crippen molar-refractivity contribution in [3.8, 4) is 0 Å². The third-order valence-electron chi connectivity index (χ3n) is 3.12. The maximum Gasteiger partial charge on any atom is 0.131 e. The van der Waals surface area contributed by atoms with Crippen molar-refractivity contribution in [1.82, 2.24) is 9.55 Å². The van der Waals surface area contributed by atoms with Gasteiger partial charge in [-0.1, -0.05) is 18.2 Å². The molecule has 0 saturated heterocycles. The van der Waals surface area contributed by atoms with Gasteiger partial charge in [0.2, 0.25) is 0 Å². The van der Waals surface area contributed by atoms with Gasteiger partial charge in [-0.25, -0.2) is 4.98 Å². The average Bonchev–Trinajstić information content (AvgIpc) is 3.03. The topological polar surface area (TPSA) is 43.8 Å². The van der Waals surface area contributed by atoms with Crippen LogP contribution in [0, 0.1) is 0 Å². The first-order valence-electron chi connectivity index (χ1n) is 6.04. The maximum atomic E-state index is 6.33. The highest BCUT2D eigenvalue weighted by atomic mass is 32.1. The highest BCUT2D eigenvalue weighted by Crippen LogP contribution is 2.31. The van der Waals surface area contributed by atoms with Crippen LogP contribution in [-0.2, 0) is 6.54 Å². The quantitative estimate of drug-likeness (QED) is 0.783. The third kappa shape index (κ3) is 1.83. The Bertz CT molecular complexity index is 635. The first kappa shape index (κ1) is 11.4. The Morgan fingerprint density at radius 2 is 2.22 bits per heavy atom. The molecule has 1 atom stereocenters. The lowest BCUT2D eigenvalue weighted by molar-refractivity contribution is 0.662. The molecule has 18 heavy (non-hydrogen) atoms. The van der Waals surface area contributed by atoms with E-state index in [0.717, 1.165) is 17.2 Å². The lowest BCUT2D eigenvalue weighted by Gasteiger charge is -2.10. The van der Waals surface area contributed by atoms with Gasteiger partial charge >= 0.3 is 0 Å². The Kier molecular flexibility index (Phi) is 2.89. The molecule has 2 N–H and O–H groups in total. The van der Waals surface area contributed by atoms with Crippen molar-refractivity contribution in [2.75, 3.05) is 0 Å². The Morgan fingerprint density at radius 3 is 3.00 bits per heavy atom. The fourth-order valence-corrected chi connectivity index (χ4v) is 3.21. The van der Waals surface area contributed by atoms with E-state index >= 15 is 0 Å². The van der Waals surface area contributed by atoms with Crippen LogP contribution < -0.4 is 5.73 Å². The molecule has 0 aliphatic heterocycles. The Hall–Kier alpha value is -1.65. The van der Waals surface area contributed by atoms with Crippen LogP contribution in [-0.4, -0.2) is 9.55 Å². The van der Waals surface area contributed by atoms with E-state index in [1.807, 2.05) is 12.4 Å². The fraction of sp³-hybridized carbons (Fsp3) is 0.214. The second-order valence-corrected chi connectivity index (χ2v) is 5.35. The number of thiophene rings is 1. The minimum atomic E-state index is -0.141. The summed E-state index contributed by atoms with van der Waals surface area (Å²) in [4.78, 5) is 5.54. The highest BCUT2D eigenvalue weighted by Gasteiger charge is 2.16. The van der Waals surface area contributed by atoms with Crippen LogP contribution in [0.1, 0.15) is 23.7 Å². The van der Waals surface area contributed by atoms with E-state index < -0.39 is 0 Å². The van der Waals surface area contributed by atoms with Crippen molar-refractivity contribution in [1.29, 1.82) is 0 Å². The van der Waals surface area contributed by atoms with E-state index in [9.17, 15) is 0 Å². The van der Waals surface area contributed by atoms with E-state index in [0.29, 0.717) is 0 Å². The number of aryl methyl sites for hydroxylation is 1. The van der Waals surface area contributed by atoms with Gasteiger partial charge < -0.3 is 10.3 Å². The van der Waals surface area contributed by atoms with E-state index in [1.54, 1.807) is 11.3 Å².